The van der Waals surface area contributed by atoms with E-state index in [0.29, 0.717) is 11.5 Å². The van der Waals surface area contributed by atoms with Crippen LogP contribution in [0.2, 0.25) is 5.02 Å². The van der Waals surface area contributed by atoms with Crippen LogP contribution < -0.4 is 0 Å². The zero-order valence-corrected chi connectivity index (χ0v) is 8.16. The predicted molar refractivity (Wildman–Crippen MR) is 51.1 cm³/mol. The number of halogens is 2. The van der Waals surface area contributed by atoms with Crippen LogP contribution in [0.4, 0.5) is 4.39 Å². The molecule has 2 rings (SSSR count). The Morgan fingerprint density at radius 2 is 2.21 bits per heavy atom. The maximum atomic E-state index is 13.4. The van der Waals surface area contributed by atoms with Crippen molar-refractivity contribution in [1.29, 1.82) is 0 Å². The fourth-order valence-electron chi connectivity index (χ4n) is 1.11. The maximum absolute atomic E-state index is 13.4. The maximum Gasteiger partial charge on any atom is 0.236 e. The third kappa shape index (κ3) is 1.37. The molecular weight excluding hydrogens is 205 g/mol. The molecule has 0 fully saturated rings. The summed E-state index contributed by atoms with van der Waals surface area (Å²) in [5, 5.41) is 3.96. The molecule has 0 aliphatic heterocycles. The average molecular weight is 212 g/mol. The largest absolute Gasteiger partial charge is 0.237 e. The first-order chi connectivity index (χ1) is 6.70. The van der Waals surface area contributed by atoms with Crippen LogP contribution in [0.1, 0.15) is 5.69 Å². The lowest BCUT2D eigenvalue weighted by Gasteiger charge is -1.98. The number of hydrogen-bond acceptors (Lipinski definition) is 2. The van der Waals surface area contributed by atoms with Crippen LogP contribution >= 0.6 is 11.6 Å². The minimum Gasteiger partial charge on any atom is -0.237 e. The Morgan fingerprint density at radius 3 is 2.71 bits per heavy atom. The molecule has 0 radical (unpaired) electrons. The fraction of sp³-hybridized carbons (Fsp3) is 0.111. The molecule has 5 heteroatoms. The Hall–Kier alpha value is -1.42. The van der Waals surface area contributed by atoms with Crippen LogP contribution in [0, 0.1) is 12.9 Å². The van der Waals surface area contributed by atoms with Crippen molar-refractivity contribution in [2.45, 2.75) is 6.92 Å². The van der Waals surface area contributed by atoms with Crippen LogP contribution in [0.25, 0.3) is 5.82 Å². The Morgan fingerprint density at radius 1 is 1.43 bits per heavy atom. The summed E-state index contributed by atoms with van der Waals surface area (Å²) < 4.78 is 14.5. The highest BCUT2D eigenvalue weighted by atomic mass is 35.5. The van der Waals surface area contributed by atoms with Gasteiger partial charge >= 0.3 is 0 Å². The molecule has 14 heavy (non-hydrogen) atoms. The zero-order valence-electron chi connectivity index (χ0n) is 7.41. The molecule has 2 heterocycles. The predicted octanol–water partition coefficient (Wildman–Crippen LogP) is 2.37. The third-order valence-electron chi connectivity index (χ3n) is 1.80. The van der Waals surface area contributed by atoms with Gasteiger partial charge in [0.25, 0.3) is 0 Å². The zero-order chi connectivity index (χ0) is 10.1. The molecule has 0 saturated heterocycles. The number of nitrogens with zero attached hydrogens (tertiary/aromatic N) is 3. The Bertz CT molecular complexity index is 453. The second-order valence-electron chi connectivity index (χ2n) is 2.79. The lowest BCUT2D eigenvalue weighted by atomic mass is 10.4. The van der Waals surface area contributed by atoms with E-state index in [4.69, 9.17) is 11.6 Å². The number of aryl methyl sites for hydroxylation is 1. The van der Waals surface area contributed by atoms with Crippen LogP contribution in [0.3, 0.4) is 0 Å². The molecule has 0 spiro atoms. The van der Waals surface area contributed by atoms with E-state index in [1.807, 2.05) is 0 Å². The Kier molecular flexibility index (Phi) is 2.21. The van der Waals surface area contributed by atoms with Crippen molar-refractivity contribution in [3.8, 4) is 5.82 Å². The lowest BCUT2D eigenvalue weighted by Crippen LogP contribution is -2.01. The molecule has 3 nitrogen and oxygen atoms in total. The summed E-state index contributed by atoms with van der Waals surface area (Å²) in [7, 11) is 0. The number of rotatable bonds is 1. The normalized spacial score (nSPS) is 10.5. The molecule has 2 aromatic heterocycles. The van der Waals surface area contributed by atoms with E-state index in [1.165, 1.54) is 0 Å². The van der Waals surface area contributed by atoms with Gasteiger partial charge in [0.05, 0.1) is 5.69 Å². The van der Waals surface area contributed by atoms with E-state index in [2.05, 4.69) is 10.1 Å². The second-order valence-corrected chi connectivity index (χ2v) is 3.17. The molecule has 0 unspecified atom stereocenters. The summed E-state index contributed by atoms with van der Waals surface area (Å²) in [5.41, 5.74) is 0.454. The number of aromatic nitrogens is 3. The molecule has 0 bridgehead atoms. The summed E-state index contributed by atoms with van der Waals surface area (Å²) in [5.74, 6) is -0.164. The molecule has 0 saturated carbocycles. The standard InChI is InChI=1S/C9H7ClFN3/c1-6-8(10)9(11)14(13-6)7-4-2-3-5-12-7/h2-5H,1H3. The van der Waals surface area contributed by atoms with Crippen LogP contribution in [-0.2, 0) is 0 Å². The fourth-order valence-corrected chi connectivity index (χ4v) is 1.23. The lowest BCUT2D eigenvalue weighted by molar-refractivity contribution is 0.532. The summed E-state index contributed by atoms with van der Waals surface area (Å²) in [6.45, 7) is 1.64. The van der Waals surface area contributed by atoms with Gasteiger partial charge in [-0.1, -0.05) is 17.7 Å². The van der Waals surface area contributed by atoms with Gasteiger partial charge in [-0.25, -0.2) is 4.98 Å². The van der Waals surface area contributed by atoms with Gasteiger partial charge in [0.2, 0.25) is 5.95 Å². The van der Waals surface area contributed by atoms with Gasteiger partial charge in [0.1, 0.15) is 5.02 Å². The number of pyridine rings is 1. The molecule has 0 atom stereocenters. The summed E-state index contributed by atoms with van der Waals surface area (Å²) in [6.07, 6.45) is 1.57. The van der Waals surface area contributed by atoms with E-state index >= 15 is 0 Å². The van der Waals surface area contributed by atoms with Gasteiger partial charge in [-0.3, -0.25) is 0 Å². The van der Waals surface area contributed by atoms with Gasteiger partial charge in [0, 0.05) is 6.20 Å². The van der Waals surface area contributed by atoms with E-state index in [1.54, 1.807) is 31.3 Å². The first kappa shape index (κ1) is 9.15. The molecule has 0 aliphatic carbocycles. The highest BCUT2D eigenvalue weighted by molar-refractivity contribution is 6.31. The van der Waals surface area contributed by atoms with Crippen LogP contribution in [-0.4, -0.2) is 14.8 Å². The number of hydrogen-bond donors (Lipinski definition) is 0. The van der Waals surface area contributed by atoms with Crippen molar-refractivity contribution in [3.63, 3.8) is 0 Å². The monoisotopic (exact) mass is 211 g/mol. The molecule has 0 amide bonds. The summed E-state index contributed by atoms with van der Waals surface area (Å²) >= 11 is 5.66. The second kappa shape index (κ2) is 3.38. The van der Waals surface area contributed by atoms with Gasteiger partial charge in [0.15, 0.2) is 5.82 Å². The van der Waals surface area contributed by atoms with E-state index < -0.39 is 5.95 Å². The Labute approximate surface area is 85.1 Å². The summed E-state index contributed by atoms with van der Waals surface area (Å²) in [6, 6.07) is 5.16. The smallest absolute Gasteiger partial charge is 0.236 e. The highest BCUT2D eigenvalue weighted by Gasteiger charge is 2.14. The van der Waals surface area contributed by atoms with Crippen molar-refractivity contribution in [1.82, 2.24) is 14.8 Å². The SMILES string of the molecule is Cc1nn(-c2ccccn2)c(F)c1Cl. The third-order valence-corrected chi connectivity index (χ3v) is 2.23. The topological polar surface area (TPSA) is 30.7 Å². The van der Waals surface area contributed by atoms with E-state index in [0.717, 1.165) is 4.68 Å². The van der Waals surface area contributed by atoms with Crippen molar-refractivity contribution >= 4 is 11.6 Å². The minimum absolute atomic E-state index is 0.0376. The minimum atomic E-state index is -0.581. The first-order valence-electron chi connectivity index (χ1n) is 4.02. The van der Waals surface area contributed by atoms with Crippen LogP contribution in [0.15, 0.2) is 24.4 Å². The highest BCUT2D eigenvalue weighted by Crippen LogP contribution is 2.20. The van der Waals surface area contributed by atoms with Gasteiger partial charge in [-0.15, -0.1) is 0 Å². The van der Waals surface area contributed by atoms with E-state index in [-0.39, 0.29) is 5.02 Å². The van der Waals surface area contributed by atoms with Gasteiger partial charge < -0.3 is 0 Å². The van der Waals surface area contributed by atoms with Crippen LogP contribution in [0.5, 0.6) is 0 Å². The summed E-state index contributed by atoms with van der Waals surface area (Å²) in [4.78, 5) is 3.97. The molecule has 0 aromatic carbocycles. The Balaban J connectivity index is 2.58. The quantitative estimate of drug-likeness (QED) is 0.725. The first-order valence-corrected chi connectivity index (χ1v) is 4.40. The van der Waals surface area contributed by atoms with Gasteiger partial charge in [-0.2, -0.15) is 14.2 Å². The molecule has 0 N–H and O–H groups in total. The average Bonchev–Trinajstić information content (AvgIpc) is 2.47. The molecule has 2 aromatic rings. The molecular formula is C9H7ClFN3. The molecule has 72 valence electrons. The van der Waals surface area contributed by atoms with Gasteiger partial charge in [-0.05, 0) is 19.1 Å². The molecule has 0 aliphatic rings. The van der Waals surface area contributed by atoms with Crippen molar-refractivity contribution < 1.29 is 4.39 Å². The van der Waals surface area contributed by atoms with Crippen molar-refractivity contribution in [2.75, 3.05) is 0 Å². The van der Waals surface area contributed by atoms with Crippen molar-refractivity contribution in [3.05, 3.63) is 41.1 Å². The van der Waals surface area contributed by atoms with E-state index in [9.17, 15) is 4.39 Å². The van der Waals surface area contributed by atoms with Crippen molar-refractivity contribution in [2.24, 2.45) is 0 Å².